The van der Waals surface area contributed by atoms with E-state index in [0.29, 0.717) is 0 Å². The van der Waals surface area contributed by atoms with Crippen LogP contribution >= 0.6 is 22.7 Å². The lowest BCUT2D eigenvalue weighted by Crippen LogP contribution is -2.39. The molecule has 0 aliphatic carbocycles. The molecule has 0 spiro atoms. The Morgan fingerprint density at radius 3 is 2.92 bits per heavy atom. The maximum atomic E-state index is 4.84. The van der Waals surface area contributed by atoms with E-state index in [9.17, 15) is 0 Å². The van der Waals surface area contributed by atoms with Crippen LogP contribution in [0.4, 0.5) is 16.8 Å². The highest BCUT2D eigenvalue weighted by Crippen LogP contribution is 2.42. The van der Waals surface area contributed by atoms with E-state index in [1.165, 1.54) is 0 Å². The van der Waals surface area contributed by atoms with Crippen LogP contribution in [0.15, 0.2) is 34.6 Å². The largest absolute Gasteiger partial charge is 0.345 e. The van der Waals surface area contributed by atoms with Crippen molar-refractivity contribution in [2.75, 3.05) is 16.8 Å². The molecular formula is C17H19N5S2. The number of nitrogens with one attached hydrogen (secondary N) is 1. The molecule has 7 heteroatoms. The van der Waals surface area contributed by atoms with Gasteiger partial charge in [-0.3, -0.25) is 0 Å². The predicted molar refractivity (Wildman–Crippen MR) is 100 cm³/mol. The fourth-order valence-corrected chi connectivity index (χ4v) is 4.55. The minimum absolute atomic E-state index is 0.0921. The first kappa shape index (κ1) is 15.5. The van der Waals surface area contributed by atoms with Crippen LogP contribution in [0.1, 0.15) is 31.0 Å². The molecule has 1 fully saturated rings. The molecule has 0 bridgehead atoms. The molecule has 4 heterocycles. The Morgan fingerprint density at radius 2 is 2.17 bits per heavy atom. The number of pyridine rings is 1. The average molecular weight is 358 g/mol. The minimum atomic E-state index is -0.0921. The third-order valence-electron chi connectivity index (χ3n) is 4.54. The monoisotopic (exact) mass is 357 g/mol. The fourth-order valence-electron chi connectivity index (χ4n) is 3.17. The lowest BCUT2D eigenvalue weighted by Gasteiger charge is -2.34. The van der Waals surface area contributed by atoms with Gasteiger partial charge in [0.05, 0.1) is 16.7 Å². The highest BCUT2D eigenvalue weighted by Gasteiger charge is 2.41. The second-order valence-corrected chi connectivity index (χ2v) is 7.84. The number of hydrogen-bond acceptors (Lipinski definition) is 7. The van der Waals surface area contributed by atoms with Gasteiger partial charge in [-0.25, -0.2) is 15.0 Å². The van der Waals surface area contributed by atoms with Crippen LogP contribution in [0.5, 0.6) is 0 Å². The molecule has 1 atom stereocenters. The van der Waals surface area contributed by atoms with Gasteiger partial charge in [-0.05, 0) is 38.3 Å². The van der Waals surface area contributed by atoms with Gasteiger partial charge in [-0.2, -0.15) is 0 Å². The highest BCUT2D eigenvalue weighted by atomic mass is 32.1. The lowest BCUT2D eigenvalue weighted by atomic mass is 9.95. The average Bonchev–Trinajstić information content (AvgIpc) is 3.30. The second-order valence-electron chi connectivity index (χ2n) is 6.26. The Kier molecular flexibility index (Phi) is 3.97. The van der Waals surface area contributed by atoms with Crippen molar-refractivity contribution in [3.8, 4) is 0 Å². The molecule has 1 unspecified atom stereocenters. The molecule has 24 heavy (non-hydrogen) atoms. The third kappa shape index (κ3) is 2.78. The van der Waals surface area contributed by atoms with E-state index in [4.69, 9.17) is 4.98 Å². The van der Waals surface area contributed by atoms with E-state index in [0.717, 1.165) is 47.4 Å². The van der Waals surface area contributed by atoms with Gasteiger partial charge in [0.15, 0.2) is 5.13 Å². The predicted octanol–water partition coefficient (Wildman–Crippen LogP) is 4.56. The summed E-state index contributed by atoms with van der Waals surface area (Å²) in [6.45, 7) is 5.33. The first-order valence-electron chi connectivity index (χ1n) is 7.97. The molecule has 1 N–H and O–H groups in total. The zero-order chi connectivity index (χ0) is 16.6. The standard InChI is InChI=1S/C17H19N5S2/c1-12-4-5-14(18-8-12)21-16-20-13(9-24-16)17(2)6-3-7-22(17)15-10-23-11-19-15/h4-5,8-11H,3,6-7H2,1-2H3,(H,18,20,21). The molecule has 3 aromatic rings. The smallest absolute Gasteiger partial charge is 0.188 e. The number of aromatic nitrogens is 3. The second kappa shape index (κ2) is 6.14. The topological polar surface area (TPSA) is 53.9 Å². The van der Waals surface area contributed by atoms with Crippen molar-refractivity contribution < 1.29 is 0 Å². The van der Waals surface area contributed by atoms with Crippen LogP contribution in [0.3, 0.4) is 0 Å². The lowest BCUT2D eigenvalue weighted by molar-refractivity contribution is 0.478. The molecule has 3 aromatic heterocycles. The molecule has 0 saturated carbocycles. The molecule has 0 radical (unpaired) electrons. The summed E-state index contributed by atoms with van der Waals surface area (Å²) in [6, 6.07) is 4.03. The molecule has 1 aliphatic rings. The van der Waals surface area contributed by atoms with E-state index < -0.39 is 0 Å². The Morgan fingerprint density at radius 1 is 1.25 bits per heavy atom. The van der Waals surface area contributed by atoms with Gasteiger partial charge in [0.25, 0.3) is 0 Å². The van der Waals surface area contributed by atoms with Crippen LogP contribution in [-0.4, -0.2) is 21.5 Å². The van der Waals surface area contributed by atoms with Crippen LogP contribution in [-0.2, 0) is 5.54 Å². The summed E-state index contributed by atoms with van der Waals surface area (Å²) < 4.78 is 0. The van der Waals surface area contributed by atoms with Gasteiger partial charge < -0.3 is 10.2 Å². The fraction of sp³-hybridized carbons (Fsp3) is 0.353. The van der Waals surface area contributed by atoms with E-state index >= 15 is 0 Å². The molecule has 1 saturated heterocycles. The summed E-state index contributed by atoms with van der Waals surface area (Å²) >= 11 is 3.27. The van der Waals surface area contributed by atoms with Gasteiger partial charge in [-0.15, -0.1) is 22.7 Å². The van der Waals surface area contributed by atoms with Gasteiger partial charge in [0, 0.05) is 23.5 Å². The number of aryl methyl sites for hydroxylation is 1. The zero-order valence-electron chi connectivity index (χ0n) is 13.7. The number of rotatable bonds is 4. The van der Waals surface area contributed by atoms with Gasteiger partial charge in [-0.1, -0.05) is 6.07 Å². The van der Waals surface area contributed by atoms with Gasteiger partial charge in [0.2, 0.25) is 0 Å². The molecule has 1 aliphatic heterocycles. The first-order chi connectivity index (χ1) is 11.6. The van der Waals surface area contributed by atoms with Crippen molar-refractivity contribution in [2.24, 2.45) is 0 Å². The highest BCUT2D eigenvalue weighted by molar-refractivity contribution is 7.13. The number of anilines is 3. The summed E-state index contributed by atoms with van der Waals surface area (Å²) in [5.74, 6) is 1.89. The molecule has 5 nitrogen and oxygen atoms in total. The van der Waals surface area contributed by atoms with E-state index in [2.05, 4.69) is 37.9 Å². The Hall–Kier alpha value is -1.99. The molecule has 0 amide bonds. The van der Waals surface area contributed by atoms with Crippen molar-refractivity contribution in [3.63, 3.8) is 0 Å². The number of hydrogen-bond donors (Lipinski definition) is 1. The summed E-state index contributed by atoms with van der Waals surface area (Å²) in [6.07, 6.45) is 4.11. The number of thiazole rings is 2. The van der Waals surface area contributed by atoms with Crippen molar-refractivity contribution in [1.82, 2.24) is 15.0 Å². The van der Waals surface area contributed by atoms with Gasteiger partial charge in [0.1, 0.15) is 11.6 Å². The summed E-state index contributed by atoms with van der Waals surface area (Å²) in [5.41, 5.74) is 4.06. The molecule has 4 rings (SSSR count). The quantitative estimate of drug-likeness (QED) is 0.742. The molecule has 124 valence electrons. The van der Waals surface area contributed by atoms with Crippen molar-refractivity contribution >= 4 is 39.4 Å². The Balaban J connectivity index is 1.58. The minimum Gasteiger partial charge on any atom is -0.345 e. The maximum Gasteiger partial charge on any atom is 0.188 e. The summed E-state index contributed by atoms with van der Waals surface area (Å²) in [4.78, 5) is 16.1. The zero-order valence-corrected chi connectivity index (χ0v) is 15.3. The van der Waals surface area contributed by atoms with Gasteiger partial charge >= 0.3 is 0 Å². The van der Waals surface area contributed by atoms with E-state index in [1.807, 2.05) is 30.8 Å². The molecular weight excluding hydrogens is 338 g/mol. The Bertz CT molecular complexity index is 812. The SMILES string of the molecule is Cc1ccc(Nc2nc(C3(C)CCCN3c3cscn3)cs2)nc1. The van der Waals surface area contributed by atoms with E-state index in [1.54, 1.807) is 22.7 Å². The maximum absolute atomic E-state index is 4.84. The normalized spacial score (nSPS) is 20.5. The van der Waals surface area contributed by atoms with E-state index in [-0.39, 0.29) is 5.54 Å². The van der Waals surface area contributed by atoms with Crippen LogP contribution in [0, 0.1) is 6.92 Å². The first-order valence-corrected chi connectivity index (χ1v) is 9.79. The Labute approximate surface area is 149 Å². The third-order valence-corrected chi connectivity index (χ3v) is 5.87. The van der Waals surface area contributed by atoms with Crippen LogP contribution in [0.2, 0.25) is 0 Å². The van der Waals surface area contributed by atoms with Crippen molar-refractivity contribution in [2.45, 2.75) is 32.2 Å². The van der Waals surface area contributed by atoms with Crippen molar-refractivity contribution in [3.05, 3.63) is 45.9 Å². The number of nitrogens with zero attached hydrogens (tertiary/aromatic N) is 4. The van der Waals surface area contributed by atoms with Crippen LogP contribution in [0.25, 0.3) is 0 Å². The van der Waals surface area contributed by atoms with Crippen LogP contribution < -0.4 is 10.2 Å². The summed E-state index contributed by atoms with van der Waals surface area (Å²) in [7, 11) is 0. The summed E-state index contributed by atoms with van der Waals surface area (Å²) in [5, 5.41) is 8.46. The van der Waals surface area contributed by atoms with Crippen molar-refractivity contribution in [1.29, 1.82) is 0 Å². The molecule has 0 aromatic carbocycles.